The van der Waals surface area contributed by atoms with E-state index >= 15 is 0 Å². The van der Waals surface area contributed by atoms with Crippen molar-refractivity contribution in [2.24, 2.45) is 0 Å². The minimum Gasteiger partial charge on any atom is -0.252 e. The Balaban J connectivity index is 2.02. The van der Waals surface area contributed by atoms with Gasteiger partial charge in [0.25, 0.3) is 0 Å². The smallest absolute Gasteiger partial charge is 0.0705 e. The van der Waals surface area contributed by atoms with Crippen LogP contribution < -0.4 is 0 Å². The van der Waals surface area contributed by atoms with Crippen molar-refractivity contribution >= 4 is 10.9 Å². The highest BCUT2D eigenvalue weighted by molar-refractivity contribution is 5.78. The molecule has 1 nitrogen and oxygen atoms in total. The number of hydrogen-bond donors (Lipinski definition) is 0. The number of para-hydroxylation sites is 1. The maximum atomic E-state index is 4.79. The third kappa shape index (κ3) is 1.97. The number of allylic oxidation sites excluding steroid dienone is 1. The minimum absolute atomic E-state index is 0.480. The number of rotatable bonds is 1. The largest absolute Gasteiger partial charge is 0.252 e. The highest BCUT2D eigenvalue weighted by atomic mass is 14.7. The number of aromatic nitrogens is 1. The summed E-state index contributed by atoms with van der Waals surface area (Å²) in [7, 11) is 0. The predicted octanol–water partition coefficient (Wildman–Crippen LogP) is 4.45. The van der Waals surface area contributed by atoms with Gasteiger partial charge < -0.3 is 0 Å². The minimum atomic E-state index is 0.480. The molecule has 1 heterocycles. The SMILES string of the molecule is C=C1CCCCC1c1ccc2ccccc2n1. The molecule has 1 aliphatic carbocycles. The number of fused-ring (bicyclic) bond motifs is 1. The third-order valence-corrected chi connectivity index (χ3v) is 3.71. The third-order valence-electron chi connectivity index (χ3n) is 3.71. The topological polar surface area (TPSA) is 12.9 Å². The summed E-state index contributed by atoms with van der Waals surface area (Å²) in [6, 6.07) is 12.7. The van der Waals surface area contributed by atoms with Gasteiger partial charge in [0.2, 0.25) is 0 Å². The zero-order valence-electron chi connectivity index (χ0n) is 10.0. The van der Waals surface area contributed by atoms with Crippen molar-refractivity contribution in [3.63, 3.8) is 0 Å². The van der Waals surface area contributed by atoms with E-state index in [-0.39, 0.29) is 0 Å². The van der Waals surface area contributed by atoms with Crippen molar-refractivity contribution in [2.45, 2.75) is 31.6 Å². The van der Waals surface area contributed by atoms with Crippen LogP contribution in [0.4, 0.5) is 0 Å². The number of nitrogens with zero attached hydrogens (tertiary/aromatic N) is 1. The van der Waals surface area contributed by atoms with Gasteiger partial charge in [-0.05, 0) is 31.4 Å². The second-order valence-electron chi connectivity index (χ2n) is 4.89. The van der Waals surface area contributed by atoms with Crippen molar-refractivity contribution < 1.29 is 0 Å². The van der Waals surface area contributed by atoms with Gasteiger partial charge in [-0.3, -0.25) is 4.98 Å². The summed E-state index contributed by atoms with van der Waals surface area (Å²) in [5, 5.41) is 1.22. The molecule has 1 heteroatoms. The molecule has 1 fully saturated rings. The molecule has 0 radical (unpaired) electrons. The van der Waals surface area contributed by atoms with Crippen LogP contribution in [0.3, 0.4) is 0 Å². The normalized spacial score (nSPS) is 20.7. The van der Waals surface area contributed by atoms with Crippen LogP contribution in [0.5, 0.6) is 0 Å². The fourth-order valence-electron chi connectivity index (χ4n) is 2.71. The molecule has 1 aliphatic rings. The van der Waals surface area contributed by atoms with Crippen molar-refractivity contribution in [2.75, 3.05) is 0 Å². The van der Waals surface area contributed by atoms with Gasteiger partial charge in [0.1, 0.15) is 0 Å². The molecule has 1 saturated carbocycles. The molecule has 0 spiro atoms. The van der Waals surface area contributed by atoms with Crippen LogP contribution in [0.1, 0.15) is 37.3 Å². The summed E-state index contributed by atoms with van der Waals surface area (Å²) in [5.74, 6) is 0.480. The van der Waals surface area contributed by atoms with E-state index < -0.39 is 0 Å². The van der Waals surface area contributed by atoms with E-state index in [1.165, 1.54) is 42.3 Å². The van der Waals surface area contributed by atoms with E-state index in [1.807, 2.05) is 0 Å². The number of benzene rings is 1. The molecular weight excluding hydrogens is 206 g/mol. The van der Waals surface area contributed by atoms with Crippen molar-refractivity contribution in [3.05, 3.63) is 54.2 Å². The molecule has 0 saturated heterocycles. The molecule has 0 aliphatic heterocycles. The Bertz CT molecular complexity index is 556. The predicted molar refractivity (Wildman–Crippen MR) is 72.1 cm³/mol. The lowest BCUT2D eigenvalue weighted by Gasteiger charge is -2.24. The van der Waals surface area contributed by atoms with Crippen molar-refractivity contribution in [3.8, 4) is 0 Å². The summed E-state index contributed by atoms with van der Waals surface area (Å²) in [4.78, 5) is 4.79. The first-order valence-electron chi connectivity index (χ1n) is 6.38. The highest BCUT2D eigenvalue weighted by Crippen LogP contribution is 2.35. The first-order valence-corrected chi connectivity index (χ1v) is 6.38. The van der Waals surface area contributed by atoms with Crippen LogP contribution in [0.2, 0.25) is 0 Å². The quantitative estimate of drug-likeness (QED) is 0.651. The van der Waals surface area contributed by atoms with E-state index in [4.69, 9.17) is 4.98 Å². The van der Waals surface area contributed by atoms with E-state index in [2.05, 4.69) is 43.0 Å². The molecule has 1 aromatic heterocycles. The Hall–Kier alpha value is -1.63. The van der Waals surface area contributed by atoms with E-state index in [9.17, 15) is 0 Å². The first-order chi connectivity index (χ1) is 8.34. The van der Waals surface area contributed by atoms with Gasteiger partial charge in [-0.2, -0.15) is 0 Å². The van der Waals surface area contributed by atoms with Gasteiger partial charge in [-0.15, -0.1) is 0 Å². The Morgan fingerprint density at radius 3 is 2.82 bits per heavy atom. The van der Waals surface area contributed by atoms with Crippen LogP contribution in [0.25, 0.3) is 10.9 Å². The van der Waals surface area contributed by atoms with Gasteiger partial charge in [0, 0.05) is 17.0 Å². The molecule has 3 rings (SSSR count). The Morgan fingerprint density at radius 2 is 1.94 bits per heavy atom. The second-order valence-corrected chi connectivity index (χ2v) is 4.89. The zero-order chi connectivity index (χ0) is 11.7. The van der Waals surface area contributed by atoms with E-state index in [0.29, 0.717) is 5.92 Å². The molecule has 1 aromatic carbocycles. The highest BCUT2D eigenvalue weighted by Gasteiger charge is 2.20. The lowest BCUT2D eigenvalue weighted by atomic mass is 9.83. The average molecular weight is 223 g/mol. The summed E-state index contributed by atoms with van der Waals surface area (Å²) < 4.78 is 0. The van der Waals surface area contributed by atoms with Crippen LogP contribution in [0.15, 0.2) is 48.6 Å². The zero-order valence-corrected chi connectivity index (χ0v) is 10.0. The van der Waals surface area contributed by atoms with Crippen LogP contribution >= 0.6 is 0 Å². The molecule has 1 atom stereocenters. The summed E-state index contributed by atoms with van der Waals surface area (Å²) >= 11 is 0. The Kier molecular flexibility index (Phi) is 2.68. The Labute approximate surface area is 102 Å². The molecule has 86 valence electrons. The fourth-order valence-corrected chi connectivity index (χ4v) is 2.71. The lowest BCUT2D eigenvalue weighted by Crippen LogP contribution is -2.09. The number of hydrogen-bond acceptors (Lipinski definition) is 1. The lowest BCUT2D eigenvalue weighted by molar-refractivity contribution is 0.535. The summed E-state index contributed by atoms with van der Waals surface area (Å²) in [6.07, 6.45) is 4.98. The maximum Gasteiger partial charge on any atom is 0.0705 e. The first kappa shape index (κ1) is 10.5. The molecule has 17 heavy (non-hydrogen) atoms. The van der Waals surface area contributed by atoms with Crippen LogP contribution in [0, 0.1) is 0 Å². The fraction of sp³-hybridized carbons (Fsp3) is 0.312. The molecule has 0 N–H and O–H groups in total. The van der Waals surface area contributed by atoms with Gasteiger partial charge in [-0.25, -0.2) is 0 Å². The van der Waals surface area contributed by atoms with E-state index in [0.717, 1.165) is 5.52 Å². The molecule has 0 amide bonds. The molecule has 1 unspecified atom stereocenters. The van der Waals surface area contributed by atoms with Crippen molar-refractivity contribution in [1.82, 2.24) is 4.98 Å². The van der Waals surface area contributed by atoms with E-state index in [1.54, 1.807) is 0 Å². The summed E-state index contributed by atoms with van der Waals surface area (Å²) in [5.41, 5.74) is 3.66. The monoisotopic (exact) mass is 223 g/mol. The molecular formula is C16H17N. The molecule has 0 bridgehead atoms. The van der Waals surface area contributed by atoms with Crippen molar-refractivity contribution in [1.29, 1.82) is 0 Å². The maximum absolute atomic E-state index is 4.79. The van der Waals surface area contributed by atoms with Gasteiger partial charge >= 0.3 is 0 Å². The van der Waals surface area contributed by atoms with Gasteiger partial charge in [0.15, 0.2) is 0 Å². The Morgan fingerprint density at radius 1 is 1.06 bits per heavy atom. The average Bonchev–Trinajstić information content (AvgIpc) is 2.39. The number of pyridine rings is 1. The standard InChI is InChI=1S/C16H17N/c1-12-6-2-4-8-14(12)16-11-10-13-7-3-5-9-15(13)17-16/h3,5,7,9-11,14H,1-2,4,6,8H2. The van der Waals surface area contributed by atoms with Gasteiger partial charge in [-0.1, -0.05) is 42.8 Å². The van der Waals surface area contributed by atoms with Crippen LogP contribution in [-0.4, -0.2) is 4.98 Å². The second kappa shape index (κ2) is 4.33. The van der Waals surface area contributed by atoms with Gasteiger partial charge in [0.05, 0.1) is 5.52 Å². The van der Waals surface area contributed by atoms with Crippen LogP contribution in [-0.2, 0) is 0 Å². The summed E-state index contributed by atoms with van der Waals surface area (Å²) in [6.45, 7) is 4.21. The molecule has 2 aromatic rings.